The van der Waals surface area contributed by atoms with Gasteiger partial charge < -0.3 is 14.6 Å². The van der Waals surface area contributed by atoms with Crippen molar-refractivity contribution in [3.63, 3.8) is 0 Å². The normalized spacial score (nSPS) is 18.9. The second-order valence-corrected chi connectivity index (χ2v) is 8.60. The molecule has 0 unspecified atom stereocenters. The van der Waals surface area contributed by atoms with Crippen LogP contribution in [0.1, 0.15) is 48.9 Å². The fraction of sp³-hybridized carbons (Fsp3) is 0.304. The third-order valence-electron chi connectivity index (χ3n) is 5.26. The summed E-state index contributed by atoms with van der Waals surface area (Å²) < 4.78 is 7.42. The van der Waals surface area contributed by atoms with E-state index in [0.717, 1.165) is 51.7 Å². The highest BCUT2D eigenvalue weighted by Crippen LogP contribution is 2.41. The van der Waals surface area contributed by atoms with Gasteiger partial charge in [0, 0.05) is 22.8 Å². The number of aromatic nitrogens is 1. The van der Waals surface area contributed by atoms with Gasteiger partial charge in [0.25, 0.3) is 0 Å². The summed E-state index contributed by atoms with van der Waals surface area (Å²) in [5, 5.41) is 4.23. The average molecular weight is 470 g/mol. The van der Waals surface area contributed by atoms with Crippen molar-refractivity contribution in [3.8, 4) is 11.3 Å². The Morgan fingerprint density at radius 2 is 2.07 bits per heavy atom. The van der Waals surface area contributed by atoms with Crippen molar-refractivity contribution in [2.24, 2.45) is 0 Å². The van der Waals surface area contributed by atoms with Crippen LogP contribution >= 0.6 is 28.1 Å². The lowest BCUT2D eigenvalue weighted by Gasteiger charge is -2.25. The van der Waals surface area contributed by atoms with Crippen molar-refractivity contribution in [1.29, 1.82) is 0 Å². The number of nitrogens with one attached hydrogen (secondary N) is 1. The predicted molar refractivity (Wildman–Crippen MR) is 124 cm³/mol. The lowest BCUT2D eigenvalue weighted by Crippen LogP contribution is -2.30. The molecule has 0 radical (unpaired) electrons. The first-order valence-electron chi connectivity index (χ1n) is 9.93. The van der Waals surface area contributed by atoms with E-state index in [0.29, 0.717) is 0 Å². The van der Waals surface area contributed by atoms with E-state index < -0.39 is 0 Å². The Hall–Kier alpha value is -2.18. The van der Waals surface area contributed by atoms with Crippen LogP contribution in [-0.2, 0) is 0 Å². The maximum absolute atomic E-state index is 6.39. The van der Waals surface area contributed by atoms with Crippen molar-refractivity contribution < 1.29 is 4.42 Å². The van der Waals surface area contributed by atoms with Gasteiger partial charge in [-0.05, 0) is 67.5 Å². The monoisotopic (exact) mass is 469 g/mol. The van der Waals surface area contributed by atoms with Crippen molar-refractivity contribution in [3.05, 3.63) is 76.2 Å². The topological polar surface area (TPSA) is 41.3 Å². The van der Waals surface area contributed by atoms with Crippen LogP contribution in [0.4, 0.5) is 0 Å². The van der Waals surface area contributed by atoms with Crippen molar-refractivity contribution in [2.75, 3.05) is 6.54 Å². The van der Waals surface area contributed by atoms with Gasteiger partial charge in [0.05, 0.1) is 11.7 Å². The average Bonchev–Trinajstić information content (AvgIpc) is 3.31. The molecule has 0 amide bonds. The zero-order chi connectivity index (χ0) is 20.4. The van der Waals surface area contributed by atoms with Crippen molar-refractivity contribution in [2.45, 2.75) is 38.8 Å². The number of unbranched alkanes of at least 4 members (excludes halogenated alkanes) is 1. The molecular weight excluding hydrogens is 446 g/mol. The molecular formula is C23H24BrN3OS. The molecule has 6 heteroatoms. The van der Waals surface area contributed by atoms with Crippen LogP contribution in [-0.4, -0.2) is 21.5 Å². The maximum atomic E-state index is 6.39. The smallest absolute Gasteiger partial charge is 0.170 e. The zero-order valence-electron chi connectivity index (χ0n) is 16.6. The van der Waals surface area contributed by atoms with E-state index in [2.05, 4.69) is 69.2 Å². The van der Waals surface area contributed by atoms with Gasteiger partial charge in [-0.25, -0.2) is 0 Å². The number of hydrogen-bond acceptors (Lipinski definition) is 3. The zero-order valence-corrected chi connectivity index (χ0v) is 19.0. The first kappa shape index (κ1) is 20.1. The summed E-state index contributed by atoms with van der Waals surface area (Å²) in [6.45, 7) is 5.16. The Morgan fingerprint density at radius 3 is 2.79 bits per heavy atom. The van der Waals surface area contributed by atoms with Crippen LogP contribution in [0.15, 0.2) is 63.6 Å². The molecule has 1 aliphatic rings. The van der Waals surface area contributed by atoms with Crippen molar-refractivity contribution in [1.82, 2.24) is 15.2 Å². The summed E-state index contributed by atoms with van der Waals surface area (Å²) in [5.41, 5.74) is 3.22. The van der Waals surface area contributed by atoms with E-state index in [1.54, 1.807) is 0 Å². The highest BCUT2D eigenvalue weighted by atomic mass is 79.9. The van der Waals surface area contributed by atoms with Crippen molar-refractivity contribution >= 4 is 33.3 Å². The number of rotatable bonds is 6. The van der Waals surface area contributed by atoms with E-state index in [9.17, 15) is 0 Å². The molecule has 1 aliphatic heterocycles. The first-order valence-corrected chi connectivity index (χ1v) is 11.1. The number of aryl methyl sites for hydroxylation is 1. The number of furan rings is 1. The molecule has 2 atom stereocenters. The molecule has 150 valence electrons. The van der Waals surface area contributed by atoms with Gasteiger partial charge in [-0.2, -0.15) is 0 Å². The Balaban J connectivity index is 1.72. The third kappa shape index (κ3) is 4.09. The van der Waals surface area contributed by atoms with E-state index >= 15 is 0 Å². The van der Waals surface area contributed by atoms with Gasteiger partial charge in [0.1, 0.15) is 17.6 Å². The minimum atomic E-state index is -0.0407. The van der Waals surface area contributed by atoms with Crippen LogP contribution < -0.4 is 5.32 Å². The second-order valence-electron chi connectivity index (χ2n) is 7.36. The Morgan fingerprint density at radius 1 is 1.21 bits per heavy atom. The fourth-order valence-electron chi connectivity index (χ4n) is 3.76. The first-order chi connectivity index (χ1) is 14.1. The fourth-order valence-corrected chi connectivity index (χ4v) is 4.78. The van der Waals surface area contributed by atoms with Crippen LogP contribution in [0.3, 0.4) is 0 Å². The highest BCUT2D eigenvalue weighted by molar-refractivity contribution is 9.10. The number of halogens is 1. The molecule has 0 aliphatic carbocycles. The SMILES string of the molecule is CCCCN1C(=S)N[C@@H](c2ccccn2)[C@@H]1c1ccc(-c2ccc(C)cc2Br)o1. The molecule has 3 heterocycles. The number of pyridine rings is 1. The minimum absolute atomic E-state index is 0.0260. The molecule has 1 fully saturated rings. The van der Waals surface area contributed by atoms with Gasteiger partial charge >= 0.3 is 0 Å². The summed E-state index contributed by atoms with van der Waals surface area (Å²) in [5.74, 6) is 1.74. The third-order valence-corrected chi connectivity index (χ3v) is 6.27. The predicted octanol–water partition coefficient (Wildman–Crippen LogP) is 6.19. The molecule has 0 saturated carbocycles. The molecule has 0 spiro atoms. The molecule has 2 aromatic heterocycles. The molecule has 4 rings (SSSR count). The van der Waals surface area contributed by atoms with Gasteiger partial charge in [0.2, 0.25) is 0 Å². The van der Waals surface area contributed by atoms with Crippen LogP contribution in [0.2, 0.25) is 0 Å². The number of thiocarbonyl (C=S) groups is 1. The molecule has 3 aromatic rings. The van der Waals surface area contributed by atoms with E-state index in [-0.39, 0.29) is 12.1 Å². The van der Waals surface area contributed by atoms with E-state index in [1.807, 2.05) is 30.5 Å². The number of hydrogen-bond donors (Lipinski definition) is 1. The molecule has 29 heavy (non-hydrogen) atoms. The van der Waals surface area contributed by atoms with Gasteiger partial charge in [0.15, 0.2) is 5.11 Å². The standard InChI is InChI=1S/C23H24BrN3OS/c1-3-4-13-27-22(21(26-23(27)29)18-7-5-6-12-25-18)20-11-10-19(28-20)16-9-8-15(2)14-17(16)24/h5-12,14,21-22H,3-4,13H2,1-2H3,(H,26,29)/t21-,22-/m0/s1. The number of benzene rings is 1. The van der Waals surface area contributed by atoms with Gasteiger partial charge in [-0.15, -0.1) is 0 Å². The summed E-state index contributed by atoms with van der Waals surface area (Å²) in [7, 11) is 0. The van der Waals surface area contributed by atoms with E-state index in [4.69, 9.17) is 16.6 Å². The quantitative estimate of drug-likeness (QED) is 0.436. The van der Waals surface area contributed by atoms with Crippen LogP contribution in [0.25, 0.3) is 11.3 Å². The van der Waals surface area contributed by atoms with Gasteiger partial charge in [-0.1, -0.05) is 41.4 Å². The van der Waals surface area contributed by atoms with Crippen LogP contribution in [0, 0.1) is 6.92 Å². The maximum Gasteiger partial charge on any atom is 0.170 e. The Labute approximate surface area is 185 Å². The molecule has 4 nitrogen and oxygen atoms in total. The molecule has 1 N–H and O–H groups in total. The minimum Gasteiger partial charge on any atom is -0.459 e. The molecule has 0 bridgehead atoms. The Bertz CT molecular complexity index is 1000. The van der Waals surface area contributed by atoms with E-state index in [1.165, 1.54) is 5.56 Å². The summed E-state index contributed by atoms with van der Waals surface area (Å²) in [6, 6.07) is 16.3. The summed E-state index contributed by atoms with van der Waals surface area (Å²) >= 11 is 9.35. The summed E-state index contributed by atoms with van der Waals surface area (Å²) in [6.07, 6.45) is 4.01. The van der Waals surface area contributed by atoms with Gasteiger partial charge in [-0.3, -0.25) is 4.98 Å². The highest BCUT2D eigenvalue weighted by Gasteiger charge is 2.41. The Kier molecular flexibility index (Phi) is 6.01. The lowest BCUT2D eigenvalue weighted by atomic mass is 10.0. The second kappa shape index (κ2) is 8.67. The summed E-state index contributed by atoms with van der Waals surface area (Å²) in [4.78, 5) is 6.82. The molecule has 1 aromatic carbocycles. The molecule has 1 saturated heterocycles. The largest absolute Gasteiger partial charge is 0.459 e. The number of nitrogens with zero attached hydrogens (tertiary/aromatic N) is 2. The lowest BCUT2D eigenvalue weighted by molar-refractivity contribution is 0.271. The van der Waals surface area contributed by atoms with Crippen LogP contribution in [0.5, 0.6) is 0 Å².